The van der Waals surface area contributed by atoms with Gasteiger partial charge in [0.15, 0.2) is 0 Å². The van der Waals surface area contributed by atoms with Gasteiger partial charge in [-0.15, -0.1) is 0 Å². The fraction of sp³-hybridized carbons (Fsp3) is 0.370. The Morgan fingerprint density at radius 1 is 1.09 bits per heavy atom. The summed E-state index contributed by atoms with van der Waals surface area (Å²) in [5.74, 6) is -0.281. The molecule has 33 heavy (non-hydrogen) atoms. The first kappa shape index (κ1) is 21.9. The largest absolute Gasteiger partial charge is 0.392 e. The summed E-state index contributed by atoms with van der Waals surface area (Å²) in [5, 5.41) is 14.5. The van der Waals surface area contributed by atoms with Crippen LogP contribution in [0.2, 0.25) is 0 Å². The second kappa shape index (κ2) is 9.12. The monoisotopic (exact) mass is 446 g/mol. The van der Waals surface area contributed by atoms with Gasteiger partial charge in [-0.1, -0.05) is 37.5 Å². The van der Waals surface area contributed by atoms with E-state index < -0.39 is 0 Å². The number of nitrogens with zero attached hydrogens (tertiary/aromatic N) is 2. The second-order valence-corrected chi connectivity index (χ2v) is 9.24. The van der Waals surface area contributed by atoms with Crippen molar-refractivity contribution in [2.45, 2.75) is 51.3 Å². The number of aliphatic hydroxyl groups excluding tert-OH is 1. The molecule has 0 radical (unpaired) electrons. The van der Waals surface area contributed by atoms with E-state index in [9.17, 15) is 9.50 Å². The lowest BCUT2D eigenvalue weighted by Crippen LogP contribution is -2.33. The van der Waals surface area contributed by atoms with Crippen molar-refractivity contribution in [3.8, 4) is 11.3 Å². The Bertz CT molecular complexity index is 1290. The van der Waals surface area contributed by atoms with Crippen LogP contribution in [0, 0.1) is 5.82 Å². The molecule has 5 nitrogen and oxygen atoms in total. The summed E-state index contributed by atoms with van der Waals surface area (Å²) in [5.41, 5.74) is 6.39. The highest BCUT2D eigenvalue weighted by Crippen LogP contribution is 2.32. The minimum atomic E-state index is -0.281. The predicted molar refractivity (Wildman–Crippen MR) is 133 cm³/mol. The molecule has 5 rings (SSSR count). The van der Waals surface area contributed by atoms with Gasteiger partial charge in [0.1, 0.15) is 11.5 Å². The number of aromatic amines is 1. The van der Waals surface area contributed by atoms with Crippen molar-refractivity contribution in [3.63, 3.8) is 0 Å². The molecular formula is C27H31FN4O. The van der Waals surface area contributed by atoms with Gasteiger partial charge in [-0.2, -0.15) is 0 Å². The third-order valence-electron chi connectivity index (χ3n) is 6.99. The van der Waals surface area contributed by atoms with Crippen molar-refractivity contribution in [1.29, 1.82) is 0 Å². The minimum Gasteiger partial charge on any atom is -0.392 e. The normalized spacial score (nSPS) is 15.1. The van der Waals surface area contributed by atoms with E-state index in [1.165, 1.54) is 49.8 Å². The van der Waals surface area contributed by atoms with Crippen molar-refractivity contribution in [2.24, 2.45) is 0 Å². The maximum atomic E-state index is 14.1. The summed E-state index contributed by atoms with van der Waals surface area (Å²) in [6.07, 6.45) is 6.44. The van der Waals surface area contributed by atoms with Crippen LogP contribution in [0.1, 0.15) is 43.2 Å². The summed E-state index contributed by atoms with van der Waals surface area (Å²) in [7, 11) is 3.98. The van der Waals surface area contributed by atoms with Crippen LogP contribution in [0.4, 0.5) is 10.1 Å². The highest BCUT2D eigenvalue weighted by Gasteiger charge is 2.20. The summed E-state index contributed by atoms with van der Waals surface area (Å²) in [6, 6.07) is 13.8. The number of pyridine rings is 1. The number of nitrogens with one attached hydrogen (secondary N) is 2. The lowest BCUT2D eigenvalue weighted by Gasteiger charge is -2.31. The van der Waals surface area contributed by atoms with E-state index in [0.717, 1.165) is 45.3 Å². The summed E-state index contributed by atoms with van der Waals surface area (Å²) in [4.78, 5) is 10.7. The Balaban J connectivity index is 1.56. The van der Waals surface area contributed by atoms with Crippen LogP contribution < -0.4 is 5.32 Å². The lowest BCUT2D eigenvalue weighted by atomic mass is 9.93. The van der Waals surface area contributed by atoms with Crippen LogP contribution in [0.5, 0.6) is 0 Å². The van der Waals surface area contributed by atoms with Crippen molar-refractivity contribution in [3.05, 3.63) is 59.4 Å². The van der Waals surface area contributed by atoms with Gasteiger partial charge in [0.25, 0.3) is 0 Å². The molecule has 4 aromatic rings. The predicted octanol–water partition coefficient (Wildman–Crippen LogP) is 5.82. The number of H-pyrrole nitrogens is 1. The van der Waals surface area contributed by atoms with Crippen molar-refractivity contribution >= 4 is 27.6 Å². The highest BCUT2D eigenvalue weighted by atomic mass is 19.1. The van der Waals surface area contributed by atoms with Crippen LogP contribution in [-0.4, -0.2) is 40.1 Å². The highest BCUT2D eigenvalue weighted by molar-refractivity contribution is 5.99. The maximum Gasteiger partial charge on any atom is 0.138 e. The van der Waals surface area contributed by atoms with E-state index in [-0.39, 0.29) is 12.4 Å². The van der Waals surface area contributed by atoms with Gasteiger partial charge < -0.3 is 15.4 Å². The van der Waals surface area contributed by atoms with Gasteiger partial charge in [0, 0.05) is 41.7 Å². The molecular weight excluding hydrogens is 415 g/mol. The topological polar surface area (TPSA) is 64.2 Å². The van der Waals surface area contributed by atoms with Crippen molar-refractivity contribution in [1.82, 2.24) is 14.9 Å². The molecule has 2 aromatic heterocycles. The van der Waals surface area contributed by atoms with Gasteiger partial charge in [-0.05, 0) is 55.3 Å². The van der Waals surface area contributed by atoms with Gasteiger partial charge in [-0.25, -0.2) is 9.37 Å². The average molecular weight is 447 g/mol. The molecule has 0 spiro atoms. The van der Waals surface area contributed by atoms with Crippen molar-refractivity contribution in [2.75, 3.05) is 19.4 Å². The Kier molecular flexibility index (Phi) is 6.04. The third-order valence-corrected chi connectivity index (χ3v) is 6.99. The number of fused-ring (bicyclic) bond motifs is 2. The van der Waals surface area contributed by atoms with E-state index in [2.05, 4.69) is 40.4 Å². The fourth-order valence-electron chi connectivity index (χ4n) is 5.19. The number of aromatic nitrogens is 2. The van der Waals surface area contributed by atoms with Gasteiger partial charge in [-0.3, -0.25) is 4.90 Å². The molecule has 1 saturated carbocycles. The molecule has 1 aliphatic carbocycles. The van der Waals surface area contributed by atoms with E-state index in [1.807, 2.05) is 12.1 Å². The van der Waals surface area contributed by atoms with E-state index in [4.69, 9.17) is 4.98 Å². The standard InChI is InChI=1S/C27H31FN4O/c1-29-25-14-21(28)12-18-11-19-13-24(30-27(19)31-26(18)25)23-9-8-17(16-33)10-20(23)15-32(2)22-6-4-3-5-7-22/h8-14,22,29,33H,3-7,15-16H2,1-2H3,(H,30,31). The molecule has 0 unspecified atom stereocenters. The number of hydrogen-bond acceptors (Lipinski definition) is 4. The van der Waals surface area contributed by atoms with Crippen LogP contribution in [0.3, 0.4) is 0 Å². The van der Waals surface area contributed by atoms with Gasteiger partial charge in [0.2, 0.25) is 0 Å². The molecule has 2 heterocycles. The first-order chi connectivity index (χ1) is 16.1. The molecule has 172 valence electrons. The molecule has 3 N–H and O–H groups in total. The second-order valence-electron chi connectivity index (χ2n) is 9.24. The first-order valence-electron chi connectivity index (χ1n) is 11.8. The molecule has 1 fully saturated rings. The molecule has 0 saturated heterocycles. The molecule has 2 aromatic carbocycles. The lowest BCUT2D eigenvalue weighted by molar-refractivity contribution is 0.184. The smallest absolute Gasteiger partial charge is 0.138 e. The zero-order valence-corrected chi connectivity index (χ0v) is 19.3. The van der Waals surface area contributed by atoms with E-state index in [0.29, 0.717) is 11.7 Å². The summed E-state index contributed by atoms with van der Waals surface area (Å²) >= 11 is 0. The molecule has 0 bridgehead atoms. The van der Waals surface area contributed by atoms with E-state index in [1.54, 1.807) is 7.05 Å². The Morgan fingerprint density at radius 3 is 2.67 bits per heavy atom. The summed E-state index contributed by atoms with van der Waals surface area (Å²) in [6.45, 7) is 0.853. The number of anilines is 1. The van der Waals surface area contributed by atoms with Crippen LogP contribution in [0.15, 0.2) is 42.5 Å². The number of benzene rings is 2. The number of rotatable bonds is 6. The van der Waals surface area contributed by atoms with Gasteiger partial charge >= 0.3 is 0 Å². The first-order valence-corrected chi connectivity index (χ1v) is 11.8. The average Bonchev–Trinajstić information content (AvgIpc) is 3.25. The Hall–Kier alpha value is -2.96. The quantitative estimate of drug-likeness (QED) is 0.349. The molecule has 6 heteroatoms. The van der Waals surface area contributed by atoms with Crippen LogP contribution in [-0.2, 0) is 13.2 Å². The van der Waals surface area contributed by atoms with E-state index >= 15 is 0 Å². The van der Waals surface area contributed by atoms with Crippen LogP contribution >= 0.6 is 0 Å². The molecule has 1 aliphatic rings. The zero-order chi connectivity index (χ0) is 22.9. The number of halogens is 1. The summed E-state index contributed by atoms with van der Waals surface area (Å²) < 4.78 is 14.1. The SMILES string of the molecule is CNc1cc(F)cc2cc3cc(-c4ccc(CO)cc4CN(C)C4CCCCC4)[nH]c3nc12. The Morgan fingerprint density at radius 2 is 1.91 bits per heavy atom. The fourth-order valence-corrected chi connectivity index (χ4v) is 5.19. The van der Waals surface area contributed by atoms with Gasteiger partial charge in [0.05, 0.1) is 17.8 Å². The third kappa shape index (κ3) is 4.33. The molecule has 0 aliphatic heterocycles. The maximum absolute atomic E-state index is 14.1. The van der Waals surface area contributed by atoms with Crippen molar-refractivity contribution < 1.29 is 9.50 Å². The van der Waals surface area contributed by atoms with Crippen LogP contribution in [0.25, 0.3) is 33.2 Å². The molecule has 0 amide bonds. The minimum absolute atomic E-state index is 0.0262. The number of hydrogen-bond donors (Lipinski definition) is 3. The molecule has 0 atom stereocenters. The number of aliphatic hydroxyl groups is 1. The zero-order valence-electron chi connectivity index (χ0n) is 19.3. The Labute approximate surface area is 193 Å².